The van der Waals surface area contributed by atoms with E-state index in [9.17, 15) is 9.90 Å². The van der Waals surface area contributed by atoms with Crippen LogP contribution in [0.2, 0.25) is 0 Å². The Morgan fingerprint density at radius 3 is 3.00 bits per heavy atom. The highest BCUT2D eigenvalue weighted by Gasteiger charge is 2.27. The van der Waals surface area contributed by atoms with Gasteiger partial charge in [-0.2, -0.15) is 0 Å². The van der Waals surface area contributed by atoms with Gasteiger partial charge in [0.15, 0.2) is 0 Å². The summed E-state index contributed by atoms with van der Waals surface area (Å²) in [5, 5.41) is 12.6. The van der Waals surface area contributed by atoms with Gasteiger partial charge >= 0.3 is 0 Å². The number of aliphatic hydroxyl groups is 1. The normalized spacial score (nSPS) is 29.9. The maximum absolute atomic E-state index is 12.3. The zero-order valence-corrected chi connectivity index (χ0v) is 10.9. The molecule has 2 N–H and O–H groups in total. The summed E-state index contributed by atoms with van der Waals surface area (Å²) in [5.74, 6) is 0.129. The first-order valence-corrected chi connectivity index (χ1v) is 7.04. The number of hydrogen-bond donors (Lipinski definition) is 2. The highest BCUT2D eigenvalue weighted by atomic mass is 16.5. The van der Waals surface area contributed by atoms with E-state index in [0.717, 1.165) is 45.3 Å². The molecule has 2 heterocycles. The number of hydrogen-bond acceptors (Lipinski definition) is 4. The lowest BCUT2D eigenvalue weighted by molar-refractivity contribution is -0.137. The number of nitrogens with one attached hydrogen (secondary N) is 1. The van der Waals surface area contributed by atoms with E-state index in [1.165, 1.54) is 0 Å². The Bertz CT molecular complexity index is 267. The molecule has 0 spiro atoms. The van der Waals surface area contributed by atoms with Gasteiger partial charge in [-0.25, -0.2) is 0 Å². The maximum atomic E-state index is 12.3. The van der Waals surface area contributed by atoms with Gasteiger partial charge in [-0.3, -0.25) is 4.79 Å². The average molecular weight is 256 g/mol. The van der Waals surface area contributed by atoms with Crippen molar-refractivity contribution in [2.24, 2.45) is 0 Å². The third kappa shape index (κ3) is 3.67. The van der Waals surface area contributed by atoms with E-state index in [-0.39, 0.29) is 24.7 Å². The van der Waals surface area contributed by atoms with E-state index in [1.54, 1.807) is 0 Å². The van der Waals surface area contributed by atoms with Crippen LogP contribution in [0.3, 0.4) is 0 Å². The standard InChI is InChI=1S/C13H24N2O3/c16-10-11-4-2-1-3-6-15(11)13(17)8-12-9-14-5-7-18-12/h11-12,14,16H,1-10H2. The van der Waals surface area contributed by atoms with Gasteiger partial charge in [-0.1, -0.05) is 12.8 Å². The van der Waals surface area contributed by atoms with Crippen LogP contribution in [-0.2, 0) is 9.53 Å². The van der Waals surface area contributed by atoms with E-state index in [0.29, 0.717) is 13.0 Å². The number of rotatable bonds is 3. The number of carbonyl (C=O) groups is 1. The van der Waals surface area contributed by atoms with Crippen molar-refractivity contribution in [2.75, 3.05) is 32.8 Å². The number of nitrogens with zero attached hydrogens (tertiary/aromatic N) is 1. The molecule has 2 aliphatic rings. The topological polar surface area (TPSA) is 61.8 Å². The predicted molar refractivity (Wildman–Crippen MR) is 68.3 cm³/mol. The van der Waals surface area contributed by atoms with Crippen LogP contribution in [0.5, 0.6) is 0 Å². The summed E-state index contributed by atoms with van der Waals surface area (Å²) in [6.45, 7) is 3.16. The maximum Gasteiger partial charge on any atom is 0.225 e. The van der Waals surface area contributed by atoms with Crippen molar-refractivity contribution in [3.63, 3.8) is 0 Å². The van der Waals surface area contributed by atoms with E-state index in [2.05, 4.69) is 5.32 Å². The van der Waals surface area contributed by atoms with Crippen LogP contribution in [0.15, 0.2) is 0 Å². The zero-order valence-electron chi connectivity index (χ0n) is 10.9. The van der Waals surface area contributed by atoms with Crippen molar-refractivity contribution < 1.29 is 14.6 Å². The Labute approximate surface area is 108 Å². The Hall–Kier alpha value is -0.650. The molecule has 104 valence electrons. The van der Waals surface area contributed by atoms with Gasteiger partial charge in [-0.15, -0.1) is 0 Å². The minimum atomic E-state index is -0.00570. The second-order valence-electron chi connectivity index (χ2n) is 5.17. The molecule has 0 aromatic heterocycles. The van der Waals surface area contributed by atoms with Crippen molar-refractivity contribution in [1.82, 2.24) is 10.2 Å². The van der Waals surface area contributed by atoms with Gasteiger partial charge in [0, 0.05) is 19.6 Å². The summed E-state index contributed by atoms with van der Waals surface area (Å²) >= 11 is 0. The Kier molecular flexibility index (Phi) is 5.41. The molecule has 2 aliphatic heterocycles. The van der Waals surface area contributed by atoms with E-state index in [1.807, 2.05) is 4.90 Å². The first kappa shape index (κ1) is 13.8. The summed E-state index contributed by atoms with van der Waals surface area (Å²) in [4.78, 5) is 14.2. The molecule has 0 radical (unpaired) electrons. The van der Waals surface area contributed by atoms with E-state index < -0.39 is 0 Å². The second kappa shape index (κ2) is 7.07. The molecular formula is C13H24N2O3. The van der Waals surface area contributed by atoms with Crippen LogP contribution in [0.25, 0.3) is 0 Å². The average Bonchev–Trinajstić information content (AvgIpc) is 2.64. The minimum Gasteiger partial charge on any atom is -0.394 e. The number of morpholine rings is 1. The number of likely N-dealkylation sites (tertiary alicyclic amines) is 1. The molecule has 5 heteroatoms. The first-order valence-electron chi connectivity index (χ1n) is 7.04. The van der Waals surface area contributed by atoms with Gasteiger partial charge in [0.25, 0.3) is 0 Å². The quantitative estimate of drug-likeness (QED) is 0.753. The Balaban J connectivity index is 1.88. The van der Waals surface area contributed by atoms with Gasteiger partial charge < -0.3 is 20.1 Å². The monoisotopic (exact) mass is 256 g/mol. The van der Waals surface area contributed by atoms with Crippen molar-refractivity contribution in [2.45, 2.75) is 44.2 Å². The summed E-state index contributed by atoms with van der Waals surface area (Å²) in [6.07, 6.45) is 4.66. The number of carbonyl (C=O) groups excluding carboxylic acids is 1. The third-order valence-corrected chi connectivity index (χ3v) is 3.81. The molecule has 2 unspecified atom stereocenters. The Morgan fingerprint density at radius 2 is 2.28 bits per heavy atom. The van der Waals surface area contributed by atoms with Crippen LogP contribution in [0.1, 0.15) is 32.1 Å². The molecule has 5 nitrogen and oxygen atoms in total. The lowest BCUT2D eigenvalue weighted by atomic mass is 10.1. The summed E-state index contributed by atoms with van der Waals surface area (Å²) in [5.41, 5.74) is 0. The lowest BCUT2D eigenvalue weighted by Gasteiger charge is -2.31. The third-order valence-electron chi connectivity index (χ3n) is 3.81. The molecule has 18 heavy (non-hydrogen) atoms. The smallest absolute Gasteiger partial charge is 0.225 e. The van der Waals surface area contributed by atoms with Crippen molar-refractivity contribution in [3.05, 3.63) is 0 Å². The van der Waals surface area contributed by atoms with E-state index >= 15 is 0 Å². The summed E-state index contributed by atoms with van der Waals surface area (Å²) < 4.78 is 5.57. The molecule has 2 rings (SSSR count). The second-order valence-corrected chi connectivity index (χ2v) is 5.17. The van der Waals surface area contributed by atoms with Gasteiger partial charge in [0.1, 0.15) is 0 Å². The van der Waals surface area contributed by atoms with Crippen LogP contribution >= 0.6 is 0 Å². The molecule has 0 aromatic carbocycles. The number of amides is 1. The van der Waals surface area contributed by atoms with Gasteiger partial charge in [0.05, 0.1) is 31.8 Å². The minimum absolute atomic E-state index is 0.00570. The van der Waals surface area contributed by atoms with Gasteiger partial charge in [-0.05, 0) is 12.8 Å². The molecule has 1 amide bonds. The molecule has 0 aromatic rings. The van der Waals surface area contributed by atoms with Crippen molar-refractivity contribution in [1.29, 1.82) is 0 Å². The Morgan fingerprint density at radius 1 is 1.39 bits per heavy atom. The first-order chi connectivity index (χ1) is 8.81. The number of aliphatic hydroxyl groups excluding tert-OH is 1. The fraction of sp³-hybridized carbons (Fsp3) is 0.923. The fourth-order valence-electron chi connectivity index (χ4n) is 2.76. The summed E-state index contributed by atoms with van der Waals surface area (Å²) in [6, 6.07) is 0.0107. The van der Waals surface area contributed by atoms with Crippen LogP contribution in [-0.4, -0.2) is 60.9 Å². The molecular weight excluding hydrogens is 232 g/mol. The van der Waals surface area contributed by atoms with Crippen molar-refractivity contribution >= 4 is 5.91 Å². The van der Waals surface area contributed by atoms with Crippen molar-refractivity contribution in [3.8, 4) is 0 Å². The molecule has 0 saturated carbocycles. The molecule has 0 aliphatic carbocycles. The molecule has 0 bridgehead atoms. The molecule has 2 atom stereocenters. The van der Waals surface area contributed by atoms with Crippen LogP contribution < -0.4 is 5.32 Å². The zero-order chi connectivity index (χ0) is 12.8. The van der Waals surface area contributed by atoms with Crippen LogP contribution in [0.4, 0.5) is 0 Å². The lowest BCUT2D eigenvalue weighted by Crippen LogP contribution is -2.46. The van der Waals surface area contributed by atoms with Gasteiger partial charge in [0.2, 0.25) is 5.91 Å². The SMILES string of the molecule is O=C(CC1CNCCO1)N1CCCCCC1CO. The molecule has 2 fully saturated rings. The predicted octanol–water partition coefficient (Wildman–Crippen LogP) is 0.128. The van der Waals surface area contributed by atoms with Crippen LogP contribution in [0, 0.1) is 0 Å². The largest absolute Gasteiger partial charge is 0.394 e. The fourth-order valence-corrected chi connectivity index (χ4v) is 2.76. The highest BCUT2D eigenvalue weighted by Crippen LogP contribution is 2.18. The number of ether oxygens (including phenoxy) is 1. The van der Waals surface area contributed by atoms with E-state index in [4.69, 9.17) is 4.74 Å². The molecule has 2 saturated heterocycles. The highest BCUT2D eigenvalue weighted by molar-refractivity contribution is 5.77. The summed E-state index contributed by atoms with van der Waals surface area (Å²) in [7, 11) is 0.